The third kappa shape index (κ3) is 4.50. The highest BCUT2D eigenvalue weighted by Gasteiger charge is 2.26. The van der Waals surface area contributed by atoms with Crippen molar-refractivity contribution < 1.29 is 14.3 Å². The van der Waals surface area contributed by atoms with Crippen LogP contribution in [0.2, 0.25) is 0 Å². The predicted octanol–water partition coefficient (Wildman–Crippen LogP) is 2.43. The third-order valence-corrected chi connectivity index (χ3v) is 5.46. The highest BCUT2D eigenvalue weighted by Crippen LogP contribution is 2.32. The molecule has 7 heteroatoms. The van der Waals surface area contributed by atoms with Gasteiger partial charge in [0.1, 0.15) is 0 Å². The van der Waals surface area contributed by atoms with Gasteiger partial charge in [-0.3, -0.25) is 14.6 Å². The van der Waals surface area contributed by atoms with Crippen LogP contribution in [0.15, 0.2) is 42.5 Å². The van der Waals surface area contributed by atoms with E-state index in [9.17, 15) is 4.79 Å². The van der Waals surface area contributed by atoms with E-state index >= 15 is 0 Å². The van der Waals surface area contributed by atoms with E-state index in [1.807, 2.05) is 19.1 Å². The molecule has 2 aromatic rings. The summed E-state index contributed by atoms with van der Waals surface area (Å²) in [6.45, 7) is 6.58. The topological polar surface area (TPSA) is 77.8 Å². The maximum atomic E-state index is 12.6. The molecule has 2 heterocycles. The molecule has 2 aliphatic heterocycles. The Kier molecular flexibility index (Phi) is 5.65. The van der Waals surface area contributed by atoms with Crippen molar-refractivity contribution in [1.29, 1.82) is 5.26 Å². The smallest absolute Gasteiger partial charge is 0.241 e. The minimum absolute atomic E-state index is 0.0288. The Morgan fingerprint density at radius 2 is 1.83 bits per heavy atom. The summed E-state index contributed by atoms with van der Waals surface area (Å²) in [5.74, 6) is 1.59. The summed E-state index contributed by atoms with van der Waals surface area (Å²) in [5, 5.41) is 11.8. The second-order valence-electron chi connectivity index (χ2n) is 7.35. The quantitative estimate of drug-likeness (QED) is 0.842. The Hall–Kier alpha value is -3.08. The number of carbonyl (C=O) groups excluding carboxylic acids is 1. The molecule has 150 valence electrons. The number of piperazine rings is 1. The average molecular weight is 392 g/mol. The standard InChI is InChI=1S/C22H24N4O3/c1-16(22(27)24-19-5-2-17(13-23)3-6-19)26-10-8-25(9-11-26)14-18-4-7-20-21(12-18)29-15-28-20/h2-7,12,16H,8-11,14-15H2,1H3,(H,24,27)/t16-/m0/s1. The average Bonchev–Trinajstić information content (AvgIpc) is 3.22. The van der Waals surface area contributed by atoms with Gasteiger partial charge in [0.05, 0.1) is 17.7 Å². The molecule has 1 N–H and O–H groups in total. The van der Waals surface area contributed by atoms with Crippen LogP contribution in [0, 0.1) is 11.3 Å². The lowest BCUT2D eigenvalue weighted by atomic mass is 10.1. The predicted molar refractivity (Wildman–Crippen MR) is 109 cm³/mol. The van der Waals surface area contributed by atoms with Crippen molar-refractivity contribution in [2.45, 2.75) is 19.5 Å². The van der Waals surface area contributed by atoms with E-state index in [-0.39, 0.29) is 11.9 Å². The van der Waals surface area contributed by atoms with Crippen molar-refractivity contribution in [1.82, 2.24) is 9.80 Å². The van der Waals surface area contributed by atoms with Gasteiger partial charge >= 0.3 is 0 Å². The number of hydrogen-bond acceptors (Lipinski definition) is 6. The van der Waals surface area contributed by atoms with Crippen molar-refractivity contribution in [3.05, 3.63) is 53.6 Å². The molecule has 1 amide bonds. The van der Waals surface area contributed by atoms with Gasteiger partial charge in [-0.15, -0.1) is 0 Å². The van der Waals surface area contributed by atoms with Gasteiger partial charge in [0.25, 0.3) is 0 Å². The normalized spacial score (nSPS) is 17.5. The van der Waals surface area contributed by atoms with Gasteiger partial charge in [-0.2, -0.15) is 5.26 Å². The fraction of sp³-hybridized carbons (Fsp3) is 0.364. The summed E-state index contributed by atoms with van der Waals surface area (Å²) >= 11 is 0. The van der Waals surface area contributed by atoms with Crippen LogP contribution in [-0.4, -0.2) is 54.7 Å². The van der Waals surface area contributed by atoms with E-state index in [0.717, 1.165) is 44.2 Å². The molecule has 0 radical (unpaired) electrons. The summed E-state index contributed by atoms with van der Waals surface area (Å²) < 4.78 is 10.8. The first-order valence-corrected chi connectivity index (χ1v) is 9.78. The van der Waals surface area contributed by atoms with Gasteiger partial charge in [-0.05, 0) is 48.9 Å². The number of nitrogens with one attached hydrogen (secondary N) is 1. The molecule has 0 saturated carbocycles. The Balaban J connectivity index is 1.27. The number of ether oxygens (including phenoxy) is 2. The van der Waals surface area contributed by atoms with Gasteiger partial charge in [-0.1, -0.05) is 6.07 Å². The molecule has 0 aliphatic carbocycles. The summed E-state index contributed by atoms with van der Waals surface area (Å²) in [5.41, 5.74) is 2.49. The zero-order chi connectivity index (χ0) is 20.2. The van der Waals surface area contributed by atoms with Crippen molar-refractivity contribution >= 4 is 11.6 Å². The second kappa shape index (κ2) is 8.52. The molecule has 2 aromatic carbocycles. The first-order valence-electron chi connectivity index (χ1n) is 9.78. The van der Waals surface area contributed by atoms with Gasteiger partial charge in [0.15, 0.2) is 11.5 Å². The molecule has 1 atom stereocenters. The van der Waals surface area contributed by atoms with Crippen LogP contribution < -0.4 is 14.8 Å². The van der Waals surface area contributed by atoms with E-state index in [0.29, 0.717) is 18.0 Å². The maximum Gasteiger partial charge on any atom is 0.241 e. The van der Waals surface area contributed by atoms with Crippen molar-refractivity contribution in [2.24, 2.45) is 0 Å². The fourth-order valence-electron chi connectivity index (χ4n) is 3.65. The molecular formula is C22H24N4O3. The lowest BCUT2D eigenvalue weighted by Crippen LogP contribution is -2.52. The Bertz CT molecular complexity index is 915. The molecule has 29 heavy (non-hydrogen) atoms. The number of benzene rings is 2. The first kappa shape index (κ1) is 19.2. The maximum absolute atomic E-state index is 12.6. The number of anilines is 1. The van der Waals surface area contributed by atoms with E-state index < -0.39 is 0 Å². The summed E-state index contributed by atoms with van der Waals surface area (Å²) in [7, 11) is 0. The Labute approximate surface area is 170 Å². The highest BCUT2D eigenvalue weighted by atomic mass is 16.7. The summed E-state index contributed by atoms with van der Waals surface area (Å²) in [6.07, 6.45) is 0. The van der Waals surface area contributed by atoms with E-state index in [2.05, 4.69) is 27.3 Å². The number of carbonyl (C=O) groups is 1. The highest BCUT2D eigenvalue weighted by molar-refractivity contribution is 5.94. The number of nitriles is 1. The number of fused-ring (bicyclic) bond motifs is 1. The van der Waals surface area contributed by atoms with Crippen LogP contribution in [0.4, 0.5) is 5.69 Å². The van der Waals surface area contributed by atoms with Gasteiger partial charge < -0.3 is 14.8 Å². The van der Waals surface area contributed by atoms with Crippen LogP contribution in [-0.2, 0) is 11.3 Å². The molecule has 0 unspecified atom stereocenters. The van der Waals surface area contributed by atoms with E-state index in [4.69, 9.17) is 14.7 Å². The van der Waals surface area contributed by atoms with Crippen LogP contribution in [0.3, 0.4) is 0 Å². The number of amides is 1. The van der Waals surface area contributed by atoms with Crippen LogP contribution in [0.5, 0.6) is 11.5 Å². The van der Waals surface area contributed by atoms with Crippen molar-refractivity contribution in [3.63, 3.8) is 0 Å². The minimum atomic E-state index is -0.210. The number of hydrogen-bond donors (Lipinski definition) is 1. The molecular weight excluding hydrogens is 368 g/mol. The fourth-order valence-corrected chi connectivity index (χ4v) is 3.65. The first-order chi connectivity index (χ1) is 14.1. The van der Waals surface area contributed by atoms with Gasteiger partial charge in [0.2, 0.25) is 12.7 Å². The molecule has 1 saturated heterocycles. The van der Waals surface area contributed by atoms with E-state index in [1.165, 1.54) is 5.56 Å². The SMILES string of the molecule is C[C@@H](C(=O)Nc1ccc(C#N)cc1)N1CCN(Cc2ccc3c(c2)OCO3)CC1. The third-order valence-electron chi connectivity index (χ3n) is 5.46. The molecule has 4 rings (SSSR count). The molecule has 0 bridgehead atoms. The molecule has 7 nitrogen and oxygen atoms in total. The van der Waals surface area contributed by atoms with Crippen LogP contribution in [0.1, 0.15) is 18.1 Å². The van der Waals surface area contributed by atoms with Gasteiger partial charge in [-0.25, -0.2) is 0 Å². The zero-order valence-electron chi connectivity index (χ0n) is 16.4. The largest absolute Gasteiger partial charge is 0.454 e. The summed E-state index contributed by atoms with van der Waals surface area (Å²) in [6, 6.07) is 14.9. The number of rotatable bonds is 5. The molecule has 0 aromatic heterocycles. The lowest BCUT2D eigenvalue weighted by molar-refractivity contribution is -0.121. The monoisotopic (exact) mass is 392 g/mol. The van der Waals surface area contributed by atoms with Crippen LogP contribution >= 0.6 is 0 Å². The van der Waals surface area contributed by atoms with E-state index in [1.54, 1.807) is 24.3 Å². The Morgan fingerprint density at radius 3 is 2.55 bits per heavy atom. The minimum Gasteiger partial charge on any atom is -0.454 e. The summed E-state index contributed by atoms with van der Waals surface area (Å²) in [4.78, 5) is 17.2. The molecule has 2 aliphatic rings. The molecule has 0 spiro atoms. The zero-order valence-corrected chi connectivity index (χ0v) is 16.4. The Morgan fingerprint density at radius 1 is 1.10 bits per heavy atom. The van der Waals surface area contributed by atoms with Gasteiger partial charge in [0, 0.05) is 38.4 Å². The van der Waals surface area contributed by atoms with Crippen molar-refractivity contribution in [3.8, 4) is 17.6 Å². The second-order valence-corrected chi connectivity index (χ2v) is 7.35. The molecule has 1 fully saturated rings. The lowest BCUT2D eigenvalue weighted by Gasteiger charge is -2.37. The van der Waals surface area contributed by atoms with Crippen molar-refractivity contribution in [2.75, 3.05) is 38.3 Å². The van der Waals surface area contributed by atoms with Crippen LogP contribution in [0.25, 0.3) is 0 Å². The number of nitrogens with zero attached hydrogens (tertiary/aromatic N) is 3.